The molecule has 0 aliphatic carbocycles. The topological polar surface area (TPSA) is 58.6 Å². The zero-order valence-electron chi connectivity index (χ0n) is 12.8. The molecule has 5 nitrogen and oxygen atoms in total. The zero-order valence-corrected chi connectivity index (χ0v) is 13.6. The van der Waals surface area contributed by atoms with Gasteiger partial charge in [-0.15, -0.1) is 0 Å². The second-order valence-corrected chi connectivity index (χ2v) is 5.81. The average molecular weight is 325 g/mol. The van der Waals surface area contributed by atoms with Crippen LogP contribution in [0.25, 0.3) is 0 Å². The Balaban J connectivity index is 2.20. The van der Waals surface area contributed by atoms with Crippen molar-refractivity contribution < 1.29 is 14.3 Å². The van der Waals surface area contributed by atoms with Crippen molar-refractivity contribution in [1.29, 1.82) is 0 Å². The lowest BCUT2D eigenvalue weighted by atomic mass is 9.97. The summed E-state index contributed by atoms with van der Waals surface area (Å²) in [6, 6.07) is 6.68. The van der Waals surface area contributed by atoms with E-state index in [1.807, 2.05) is 12.1 Å². The molecular weight excluding hydrogens is 304 g/mol. The molecule has 0 saturated carbocycles. The molecule has 120 valence electrons. The normalized spacial score (nSPS) is 21.8. The van der Waals surface area contributed by atoms with Gasteiger partial charge < -0.3 is 15.0 Å². The van der Waals surface area contributed by atoms with Crippen LogP contribution < -0.4 is 5.32 Å². The predicted octanol–water partition coefficient (Wildman–Crippen LogP) is 2.15. The smallest absolute Gasteiger partial charge is 0.251 e. The third kappa shape index (κ3) is 3.78. The van der Waals surface area contributed by atoms with Crippen LogP contribution in [0.15, 0.2) is 24.3 Å². The van der Waals surface area contributed by atoms with E-state index in [0.29, 0.717) is 11.6 Å². The molecule has 1 aliphatic heterocycles. The van der Waals surface area contributed by atoms with Gasteiger partial charge in [0.15, 0.2) is 6.10 Å². The number of carbonyl (C=O) groups is 2. The molecule has 1 heterocycles. The van der Waals surface area contributed by atoms with Crippen LogP contribution in [0, 0.1) is 0 Å². The monoisotopic (exact) mass is 324 g/mol. The van der Waals surface area contributed by atoms with E-state index in [2.05, 4.69) is 12.2 Å². The summed E-state index contributed by atoms with van der Waals surface area (Å²) in [6.07, 6.45) is 1.21. The molecule has 2 rings (SSSR count). The number of nitrogens with one attached hydrogen (secondary N) is 1. The molecule has 2 atom stereocenters. The minimum Gasteiger partial charge on any atom is -0.356 e. The Kier molecular flexibility index (Phi) is 5.80. The number of amides is 2. The van der Waals surface area contributed by atoms with Crippen molar-refractivity contribution in [3.05, 3.63) is 34.9 Å². The molecule has 22 heavy (non-hydrogen) atoms. The number of rotatable bonds is 5. The molecular formula is C16H21ClN2O3. The van der Waals surface area contributed by atoms with Crippen LogP contribution in [0.1, 0.15) is 31.4 Å². The Morgan fingerprint density at radius 2 is 2.09 bits per heavy atom. The summed E-state index contributed by atoms with van der Waals surface area (Å²) < 4.78 is 5.51. The van der Waals surface area contributed by atoms with E-state index in [4.69, 9.17) is 16.3 Å². The number of morpholine rings is 1. The number of likely N-dealkylation sites (N-methyl/N-ethyl adjacent to an activating group) is 1. The highest BCUT2D eigenvalue weighted by atomic mass is 35.5. The lowest BCUT2D eigenvalue weighted by Crippen LogP contribution is -2.53. The van der Waals surface area contributed by atoms with Crippen molar-refractivity contribution in [3.63, 3.8) is 0 Å². The Morgan fingerprint density at radius 3 is 2.73 bits per heavy atom. The maximum atomic E-state index is 12.4. The van der Waals surface area contributed by atoms with Gasteiger partial charge in [0, 0.05) is 18.6 Å². The molecule has 1 N–H and O–H groups in total. The zero-order chi connectivity index (χ0) is 16.1. The van der Waals surface area contributed by atoms with Crippen molar-refractivity contribution in [2.24, 2.45) is 0 Å². The van der Waals surface area contributed by atoms with Crippen molar-refractivity contribution >= 4 is 23.4 Å². The first-order valence-electron chi connectivity index (χ1n) is 7.45. The van der Waals surface area contributed by atoms with E-state index < -0.39 is 12.1 Å². The van der Waals surface area contributed by atoms with Gasteiger partial charge in [0.1, 0.15) is 6.61 Å². The number of unbranched alkanes of at least 4 members (excludes halogenated alkanes) is 1. The van der Waals surface area contributed by atoms with Gasteiger partial charge >= 0.3 is 0 Å². The second-order valence-electron chi connectivity index (χ2n) is 5.38. The van der Waals surface area contributed by atoms with Crippen LogP contribution in [-0.2, 0) is 14.3 Å². The van der Waals surface area contributed by atoms with Crippen molar-refractivity contribution in [3.8, 4) is 0 Å². The van der Waals surface area contributed by atoms with E-state index in [9.17, 15) is 9.59 Å². The third-order valence-electron chi connectivity index (χ3n) is 3.78. The summed E-state index contributed by atoms with van der Waals surface area (Å²) in [6.45, 7) is 2.60. The summed E-state index contributed by atoms with van der Waals surface area (Å²) in [5.74, 6) is -0.328. The van der Waals surface area contributed by atoms with Gasteiger partial charge in [-0.05, 0) is 24.1 Å². The predicted molar refractivity (Wildman–Crippen MR) is 84.6 cm³/mol. The first-order valence-corrected chi connectivity index (χ1v) is 7.82. The maximum Gasteiger partial charge on any atom is 0.251 e. The SMILES string of the molecule is CCCCNC(=O)[C@@H]1OCC(=O)N(C)[C@H]1c1ccc(Cl)cc1. The fraction of sp³-hybridized carbons (Fsp3) is 0.500. The van der Waals surface area contributed by atoms with Crippen molar-refractivity contribution in [1.82, 2.24) is 10.2 Å². The van der Waals surface area contributed by atoms with Crippen LogP contribution in [-0.4, -0.2) is 43.0 Å². The van der Waals surface area contributed by atoms with Crippen molar-refractivity contribution in [2.75, 3.05) is 20.2 Å². The molecule has 1 aromatic carbocycles. The summed E-state index contributed by atoms with van der Waals surface area (Å²) in [7, 11) is 1.69. The number of carbonyl (C=O) groups excluding carboxylic acids is 2. The summed E-state index contributed by atoms with van der Waals surface area (Å²) >= 11 is 5.91. The summed E-state index contributed by atoms with van der Waals surface area (Å²) in [4.78, 5) is 25.9. The Labute approximate surface area is 135 Å². The molecule has 0 aromatic heterocycles. The Bertz CT molecular complexity index is 533. The van der Waals surface area contributed by atoms with Crippen molar-refractivity contribution in [2.45, 2.75) is 31.9 Å². The molecule has 0 radical (unpaired) electrons. The molecule has 2 amide bonds. The van der Waals surface area contributed by atoms with Gasteiger partial charge in [-0.2, -0.15) is 0 Å². The van der Waals surface area contributed by atoms with Gasteiger partial charge in [-0.3, -0.25) is 9.59 Å². The first kappa shape index (κ1) is 16.8. The fourth-order valence-corrected chi connectivity index (χ4v) is 2.60. The van der Waals surface area contributed by atoms with Gasteiger partial charge in [-0.1, -0.05) is 37.1 Å². The summed E-state index contributed by atoms with van der Waals surface area (Å²) in [5, 5.41) is 3.48. The highest BCUT2D eigenvalue weighted by Crippen LogP contribution is 2.30. The number of ether oxygens (including phenoxy) is 1. The largest absolute Gasteiger partial charge is 0.356 e. The van der Waals surface area contributed by atoms with Gasteiger partial charge in [0.2, 0.25) is 5.91 Å². The maximum absolute atomic E-state index is 12.4. The number of hydrogen-bond donors (Lipinski definition) is 1. The Hall–Kier alpha value is -1.59. The average Bonchev–Trinajstić information content (AvgIpc) is 2.51. The second kappa shape index (κ2) is 7.61. The fourth-order valence-electron chi connectivity index (χ4n) is 2.48. The highest BCUT2D eigenvalue weighted by molar-refractivity contribution is 6.30. The molecule has 0 spiro atoms. The van der Waals surface area contributed by atoms with E-state index in [1.165, 1.54) is 0 Å². The number of hydrogen-bond acceptors (Lipinski definition) is 3. The molecule has 1 aromatic rings. The van der Waals surface area contributed by atoms with Crippen LogP contribution in [0.4, 0.5) is 0 Å². The molecule has 1 saturated heterocycles. The number of benzene rings is 1. The molecule has 0 bridgehead atoms. The van der Waals surface area contributed by atoms with Gasteiger partial charge in [0.25, 0.3) is 5.91 Å². The van der Waals surface area contributed by atoms with Gasteiger partial charge in [0.05, 0.1) is 6.04 Å². The van der Waals surface area contributed by atoms with E-state index in [1.54, 1.807) is 24.1 Å². The minimum absolute atomic E-state index is 0.0769. The Morgan fingerprint density at radius 1 is 1.41 bits per heavy atom. The quantitative estimate of drug-likeness (QED) is 0.844. The molecule has 6 heteroatoms. The summed E-state index contributed by atoms with van der Waals surface area (Å²) in [5.41, 5.74) is 0.829. The van der Waals surface area contributed by atoms with E-state index >= 15 is 0 Å². The standard InChI is InChI=1S/C16H21ClN2O3/c1-3-4-9-18-16(21)15-14(19(2)13(20)10-22-15)11-5-7-12(17)8-6-11/h5-8,14-15H,3-4,9-10H2,1-2H3,(H,18,21)/t14-,15+/m0/s1. The molecule has 1 fully saturated rings. The van der Waals surface area contributed by atoms with Crippen LogP contribution >= 0.6 is 11.6 Å². The number of nitrogens with zero attached hydrogens (tertiary/aromatic N) is 1. The molecule has 1 aliphatic rings. The highest BCUT2D eigenvalue weighted by Gasteiger charge is 2.39. The van der Waals surface area contributed by atoms with Crippen LogP contribution in [0.2, 0.25) is 5.02 Å². The lowest BCUT2D eigenvalue weighted by molar-refractivity contribution is -0.162. The third-order valence-corrected chi connectivity index (χ3v) is 4.04. The number of halogens is 1. The molecule has 0 unspecified atom stereocenters. The first-order chi connectivity index (χ1) is 10.5. The van der Waals surface area contributed by atoms with Gasteiger partial charge in [-0.25, -0.2) is 0 Å². The minimum atomic E-state index is -0.708. The van der Waals surface area contributed by atoms with Crippen LogP contribution in [0.5, 0.6) is 0 Å². The van der Waals surface area contributed by atoms with Crippen LogP contribution in [0.3, 0.4) is 0 Å². The van der Waals surface area contributed by atoms with E-state index in [0.717, 1.165) is 18.4 Å². The van der Waals surface area contributed by atoms with E-state index in [-0.39, 0.29) is 18.4 Å². The lowest BCUT2D eigenvalue weighted by Gasteiger charge is -2.38.